The second kappa shape index (κ2) is 27.0. The van der Waals surface area contributed by atoms with Gasteiger partial charge in [0.2, 0.25) is 11.8 Å². The molecule has 18 nitrogen and oxygen atoms in total. The van der Waals surface area contributed by atoms with Crippen LogP contribution in [0.3, 0.4) is 0 Å². The number of benzene rings is 6. The fraction of sp³-hybridized carbons (Fsp3) is 0.193. The molecule has 0 saturated carbocycles. The Kier molecular flexibility index (Phi) is 19.3. The lowest BCUT2D eigenvalue weighted by Crippen LogP contribution is -2.37. The first kappa shape index (κ1) is 55.0. The summed E-state index contributed by atoms with van der Waals surface area (Å²) in [7, 11) is 0. The minimum Gasteiger partial charge on any atom is -0.508 e. The van der Waals surface area contributed by atoms with Crippen LogP contribution in [-0.2, 0) is 35.5 Å². The van der Waals surface area contributed by atoms with E-state index in [0.717, 1.165) is 49.9 Å². The first-order valence-corrected chi connectivity index (χ1v) is 23.8. The molecular formula is C57H52F2N4O14. The lowest BCUT2D eigenvalue weighted by molar-refractivity contribution is -0.138. The second-order valence-corrected chi connectivity index (χ2v) is 16.8. The summed E-state index contributed by atoms with van der Waals surface area (Å²) in [6.07, 6.45) is -0.705. The van der Waals surface area contributed by atoms with Gasteiger partial charge in [0.1, 0.15) is 59.1 Å². The number of aryl methyl sites for hydroxylation is 2. The Morgan fingerprint density at radius 2 is 0.948 bits per heavy atom. The Labute approximate surface area is 440 Å². The van der Waals surface area contributed by atoms with Gasteiger partial charge in [0.05, 0.1) is 24.6 Å². The van der Waals surface area contributed by atoms with Crippen molar-refractivity contribution in [3.63, 3.8) is 0 Å². The molecular weight excluding hydrogens is 1000 g/mol. The highest BCUT2D eigenvalue weighted by molar-refractivity contribution is 5.79. The van der Waals surface area contributed by atoms with Crippen molar-refractivity contribution in [3.8, 4) is 57.4 Å². The summed E-state index contributed by atoms with van der Waals surface area (Å²) in [5.41, 5.74) is 4.75. The van der Waals surface area contributed by atoms with E-state index in [-0.39, 0.29) is 36.1 Å². The van der Waals surface area contributed by atoms with Crippen molar-refractivity contribution >= 4 is 24.1 Å². The molecule has 0 fully saturated rings. The minimum atomic E-state index is -3.04. The number of phenols is 1. The molecule has 0 aliphatic carbocycles. The van der Waals surface area contributed by atoms with Gasteiger partial charge in [-0.15, -0.1) is 0 Å². The second-order valence-electron chi connectivity index (χ2n) is 16.8. The van der Waals surface area contributed by atoms with Gasteiger partial charge in [-0.2, -0.15) is 8.78 Å². The van der Waals surface area contributed by atoms with E-state index < -0.39 is 43.8 Å². The number of hydrogen-bond acceptors (Lipinski definition) is 14. The van der Waals surface area contributed by atoms with Gasteiger partial charge in [-0.3, -0.25) is 19.4 Å². The standard InChI is InChI=1S/C29H26F2N2O7.C28H26N2O7/c1-19-25(32-27(38-19)21-6-3-2-4-7-21)14-15-37-22-12-10-20(11-13-22)17-33(18-26(34)35)29(36)40-24-9-5-8-23(16-24)39-28(30)31;1-19-25(29-27(36-19)21-6-3-2-4-7-21)14-15-35-23-12-10-20(11-13-23)17-30(18-26(32)33)28(34)37-24-9-5-8-22(31)16-24/h2-13,16,28H,14-15,17-18H2,1H3,(H,34,35);2-13,16,31H,14-15,17-18H2,1H3,(H,32,33). The van der Waals surface area contributed by atoms with Crippen LogP contribution in [0.5, 0.6) is 34.5 Å². The van der Waals surface area contributed by atoms with E-state index in [1.165, 1.54) is 42.5 Å². The summed E-state index contributed by atoms with van der Waals surface area (Å²) in [5, 5.41) is 28.0. The van der Waals surface area contributed by atoms with Gasteiger partial charge >= 0.3 is 30.7 Å². The number of aromatic hydroxyl groups is 1. The summed E-state index contributed by atoms with van der Waals surface area (Å²) in [6, 6.07) is 43.9. The molecule has 0 saturated heterocycles. The zero-order chi connectivity index (χ0) is 54.7. The zero-order valence-electron chi connectivity index (χ0n) is 41.6. The van der Waals surface area contributed by atoms with Gasteiger partial charge in [-0.25, -0.2) is 19.6 Å². The molecule has 0 spiro atoms. The van der Waals surface area contributed by atoms with Gasteiger partial charge in [0.25, 0.3) is 0 Å². The summed E-state index contributed by atoms with van der Waals surface area (Å²) in [4.78, 5) is 59.0. The highest BCUT2D eigenvalue weighted by atomic mass is 19.3. The van der Waals surface area contributed by atoms with Gasteiger partial charge in [-0.1, -0.05) is 72.8 Å². The number of carboxylic acids is 2. The van der Waals surface area contributed by atoms with Crippen LogP contribution in [-0.4, -0.2) is 92.1 Å². The third-order valence-corrected chi connectivity index (χ3v) is 11.1. The number of nitrogens with zero attached hydrogens (tertiary/aromatic N) is 4. The minimum absolute atomic E-state index is 0.0185. The van der Waals surface area contributed by atoms with Crippen LogP contribution in [0.15, 0.2) is 167 Å². The lowest BCUT2D eigenvalue weighted by atomic mass is 10.2. The van der Waals surface area contributed by atoms with Crippen molar-refractivity contribution < 1.29 is 75.8 Å². The quantitative estimate of drug-likeness (QED) is 0.0572. The van der Waals surface area contributed by atoms with Crippen LogP contribution >= 0.6 is 0 Å². The number of rotatable bonds is 22. The van der Waals surface area contributed by atoms with Crippen molar-refractivity contribution in [2.45, 2.75) is 46.4 Å². The highest BCUT2D eigenvalue weighted by Crippen LogP contribution is 2.26. The number of carboxylic acid groups (broad SMARTS) is 2. The molecule has 77 heavy (non-hydrogen) atoms. The van der Waals surface area contributed by atoms with Crippen LogP contribution in [0, 0.1) is 13.8 Å². The number of amides is 2. The summed E-state index contributed by atoms with van der Waals surface area (Å²) in [6.45, 7) is 0.201. The number of ether oxygens (including phenoxy) is 5. The molecule has 0 aliphatic rings. The third kappa shape index (κ3) is 17.2. The predicted molar refractivity (Wildman–Crippen MR) is 274 cm³/mol. The molecule has 0 unspecified atom stereocenters. The first-order chi connectivity index (χ1) is 37.1. The fourth-order valence-corrected chi connectivity index (χ4v) is 7.37. The van der Waals surface area contributed by atoms with Gasteiger partial charge in [0.15, 0.2) is 0 Å². The monoisotopic (exact) mass is 1050 g/mol. The van der Waals surface area contributed by atoms with Gasteiger partial charge in [0, 0.05) is 49.2 Å². The number of phenolic OH excluding ortho intramolecular Hbond substituents is 1. The molecule has 0 bridgehead atoms. The summed E-state index contributed by atoms with van der Waals surface area (Å²) in [5.74, 6) is 1.15. The van der Waals surface area contributed by atoms with Crippen LogP contribution in [0.1, 0.15) is 34.0 Å². The van der Waals surface area contributed by atoms with E-state index in [4.69, 9.17) is 27.8 Å². The number of carbonyl (C=O) groups is 4. The highest BCUT2D eigenvalue weighted by Gasteiger charge is 2.22. The number of oxazole rings is 2. The van der Waals surface area contributed by atoms with Crippen LogP contribution < -0.4 is 23.7 Å². The van der Waals surface area contributed by atoms with E-state index in [9.17, 15) is 43.3 Å². The topological polar surface area (TPSA) is 234 Å². The average Bonchev–Trinajstić information content (AvgIpc) is 3.98. The fourth-order valence-electron chi connectivity index (χ4n) is 7.37. The summed E-state index contributed by atoms with van der Waals surface area (Å²) >= 11 is 0. The molecule has 0 radical (unpaired) electrons. The normalized spacial score (nSPS) is 10.7. The lowest BCUT2D eigenvalue weighted by Gasteiger charge is -2.20. The molecule has 2 aromatic heterocycles. The van der Waals surface area contributed by atoms with Crippen molar-refractivity contribution in [1.82, 2.24) is 19.8 Å². The Morgan fingerprint density at radius 3 is 1.36 bits per heavy atom. The van der Waals surface area contributed by atoms with Crippen molar-refractivity contribution in [2.75, 3.05) is 26.3 Å². The zero-order valence-corrected chi connectivity index (χ0v) is 41.6. The Hall–Kier alpha value is -9.72. The molecule has 0 aliphatic heterocycles. The van der Waals surface area contributed by atoms with Gasteiger partial charge in [-0.05, 0) is 97.8 Å². The van der Waals surface area contributed by atoms with E-state index in [1.54, 1.807) is 48.5 Å². The van der Waals surface area contributed by atoms with Crippen LogP contribution in [0.4, 0.5) is 18.4 Å². The first-order valence-electron chi connectivity index (χ1n) is 23.8. The maximum Gasteiger partial charge on any atom is 0.416 e. The molecule has 8 aromatic rings. The average molecular weight is 1060 g/mol. The largest absolute Gasteiger partial charge is 0.508 e. The molecule has 8 rings (SSSR count). The Bertz CT molecular complexity index is 3210. The van der Waals surface area contributed by atoms with Gasteiger partial charge < -0.3 is 47.8 Å². The maximum absolute atomic E-state index is 12.7. The number of hydrogen-bond donors (Lipinski definition) is 3. The van der Waals surface area contributed by atoms with Crippen LogP contribution in [0.2, 0.25) is 0 Å². The molecule has 6 aromatic carbocycles. The van der Waals surface area contributed by atoms with E-state index in [0.29, 0.717) is 60.5 Å². The van der Waals surface area contributed by atoms with E-state index in [2.05, 4.69) is 14.7 Å². The van der Waals surface area contributed by atoms with Crippen molar-refractivity contribution in [1.29, 1.82) is 0 Å². The number of aromatic nitrogens is 2. The molecule has 2 heterocycles. The SMILES string of the molecule is Cc1oc(-c2ccccc2)nc1CCOc1ccc(CN(CC(=O)O)C(=O)Oc2cccc(O)c2)cc1.Cc1oc(-c2ccccc2)nc1CCOc1ccc(CN(CC(=O)O)C(=O)Oc2cccc(OC(F)F)c2)cc1. The molecule has 2 amide bonds. The summed E-state index contributed by atoms with van der Waals surface area (Å²) < 4.78 is 62.8. The Morgan fingerprint density at radius 1 is 0.532 bits per heavy atom. The number of aliphatic carboxylic acids is 2. The van der Waals surface area contributed by atoms with E-state index in [1.807, 2.05) is 74.5 Å². The van der Waals surface area contributed by atoms with Crippen LogP contribution in [0.25, 0.3) is 22.9 Å². The maximum atomic E-state index is 12.7. The number of halogens is 2. The molecule has 20 heteroatoms. The Balaban J connectivity index is 0.000000224. The van der Waals surface area contributed by atoms with Crippen molar-refractivity contribution in [2.24, 2.45) is 0 Å². The number of alkyl halides is 2. The van der Waals surface area contributed by atoms with E-state index >= 15 is 0 Å². The van der Waals surface area contributed by atoms with Crippen molar-refractivity contribution in [3.05, 3.63) is 192 Å². The number of carbonyl (C=O) groups excluding carboxylic acids is 2. The molecule has 398 valence electrons. The predicted octanol–water partition coefficient (Wildman–Crippen LogP) is 11.0. The molecule has 3 N–H and O–H groups in total. The molecule has 0 atom stereocenters. The third-order valence-electron chi connectivity index (χ3n) is 11.1. The smallest absolute Gasteiger partial charge is 0.416 e.